The minimum Gasteiger partial charge on any atom is -0.439 e. The highest BCUT2D eigenvalue weighted by atomic mass is 35.5. The van der Waals surface area contributed by atoms with E-state index in [1.165, 1.54) is 17.5 Å². The monoisotopic (exact) mass is 468 g/mol. The lowest BCUT2D eigenvalue weighted by Gasteiger charge is -2.11. The summed E-state index contributed by atoms with van der Waals surface area (Å²) >= 11 is 7.75. The maximum atomic E-state index is 12.0. The van der Waals surface area contributed by atoms with Gasteiger partial charge in [0.2, 0.25) is 5.88 Å². The zero-order chi connectivity index (χ0) is 22.5. The highest BCUT2D eigenvalue weighted by Crippen LogP contribution is 2.32. The number of carbonyl (C=O) groups is 1. The summed E-state index contributed by atoms with van der Waals surface area (Å²) in [4.78, 5) is 25.6. The highest BCUT2D eigenvalue weighted by Gasteiger charge is 2.10. The standard InChI is InChI=1S/C22H21ClN6O2S/c1-29(2)28-21(30)15-5-8-18(25-11-15)31-16-6-3-14(4-7-16)9-10-24-20-19-17(23)12-32-22(19)27-13-26-20/h3-8,11-13H,9-10H2,1-2H3,(H,28,30)(H,24,26,27). The number of anilines is 1. The lowest BCUT2D eigenvalue weighted by atomic mass is 10.1. The van der Waals surface area contributed by atoms with Crippen LogP contribution in [0.5, 0.6) is 11.6 Å². The average molecular weight is 469 g/mol. The molecular weight excluding hydrogens is 448 g/mol. The third-order valence-corrected chi connectivity index (χ3v) is 5.81. The Morgan fingerprint density at radius 1 is 1.12 bits per heavy atom. The van der Waals surface area contributed by atoms with Crippen molar-refractivity contribution in [2.45, 2.75) is 6.42 Å². The lowest BCUT2D eigenvalue weighted by molar-refractivity contribution is 0.0856. The molecular formula is C22H21ClN6O2S. The number of ether oxygens (including phenoxy) is 1. The van der Waals surface area contributed by atoms with Crippen molar-refractivity contribution < 1.29 is 9.53 Å². The van der Waals surface area contributed by atoms with Gasteiger partial charge in [0.25, 0.3) is 5.91 Å². The van der Waals surface area contributed by atoms with Crippen LogP contribution < -0.4 is 15.5 Å². The van der Waals surface area contributed by atoms with Gasteiger partial charge >= 0.3 is 0 Å². The van der Waals surface area contributed by atoms with Gasteiger partial charge in [-0.05, 0) is 30.2 Å². The van der Waals surface area contributed by atoms with Crippen LogP contribution in [0.15, 0.2) is 54.3 Å². The maximum absolute atomic E-state index is 12.0. The van der Waals surface area contributed by atoms with Gasteiger partial charge in [-0.2, -0.15) is 0 Å². The first-order chi connectivity index (χ1) is 15.5. The van der Waals surface area contributed by atoms with E-state index in [1.54, 1.807) is 37.6 Å². The quantitative estimate of drug-likeness (QED) is 0.370. The predicted octanol–water partition coefficient (Wildman–Crippen LogP) is 4.39. The minimum atomic E-state index is -0.226. The van der Waals surface area contributed by atoms with Crippen LogP contribution in [0.4, 0.5) is 5.82 Å². The molecule has 0 aliphatic rings. The van der Waals surface area contributed by atoms with Gasteiger partial charge in [0.1, 0.15) is 22.7 Å². The largest absolute Gasteiger partial charge is 0.439 e. The number of pyridine rings is 1. The van der Waals surface area contributed by atoms with Gasteiger partial charge in [0, 0.05) is 38.3 Å². The van der Waals surface area contributed by atoms with Gasteiger partial charge < -0.3 is 10.1 Å². The van der Waals surface area contributed by atoms with E-state index in [0.29, 0.717) is 28.8 Å². The van der Waals surface area contributed by atoms with Crippen LogP contribution in [-0.2, 0) is 6.42 Å². The fraction of sp³-hybridized carbons (Fsp3) is 0.182. The molecule has 0 fully saturated rings. The van der Waals surface area contributed by atoms with E-state index < -0.39 is 0 Å². The summed E-state index contributed by atoms with van der Waals surface area (Å²) in [5, 5.41) is 8.31. The molecule has 8 nitrogen and oxygen atoms in total. The number of hydrogen-bond acceptors (Lipinski definition) is 8. The first-order valence-electron chi connectivity index (χ1n) is 9.82. The fourth-order valence-corrected chi connectivity index (χ4v) is 4.12. The van der Waals surface area contributed by atoms with E-state index in [2.05, 4.69) is 25.7 Å². The molecule has 0 aliphatic carbocycles. The van der Waals surface area contributed by atoms with Gasteiger partial charge in [-0.3, -0.25) is 10.2 Å². The van der Waals surface area contributed by atoms with Gasteiger partial charge in [-0.1, -0.05) is 23.7 Å². The molecule has 0 radical (unpaired) electrons. The Balaban J connectivity index is 1.31. The molecule has 0 aliphatic heterocycles. The first kappa shape index (κ1) is 21.9. The number of aromatic nitrogens is 3. The van der Waals surface area contributed by atoms with E-state index in [1.807, 2.05) is 29.6 Å². The molecule has 3 heterocycles. The summed E-state index contributed by atoms with van der Waals surface area (Å²) in [6.45, 7) is 0.705. The molecule has 2 N–H and O–H groups in total. The zero-order valence-electron chi connectivity index (χ0n) is 17.5. The molecule has 3 aromatic heterocycles. The van der Waals surface area contributed by atoms with Crippen molar-refractivity contribution in [3.8, 4) is 11.6 Å². The van der Waals surface area contributed by atoms with Crippen LogP contribution in [0.2, 0.25) is 5.02 Å². The van der Waals surface area contributed by atoms with Crippen LogP contribution in [0.25, 0.3) is 10.2 Å². The minimum absolute atomic E-state index is 0.226. The smallest absolute Gasteiger partial charge is 0.267 e. The van der Waals surface area contributed by atoms with Crippen molar-refractivity contribution in [3.05, 3.63) is 70.5 Å². The summed E-state index contributed by atoms with van der Waals surface area (Å²) in [5.41, 5.74) is 4.27. The topological polar surface area (TPSA) is 92.3 Å². The summed E-state index contributed by atoms with van der Waals surface area (Å²) in [5.74, 6) is 1.61. The lowest BCUT2D eigenvalue weighted by Crippen LogP contribution is -2.36. The Labute approximate surface area is 194 Å². The van der Waals surface area contributed by atoms with Crippen molar-refractivity contribution in [3.63, 3.8) is 0 Å². The second kappa shape index (κ2) is 9.90. The highest BCUT2D eigenvalue weighted by molar-refractivity contribution is 7.17. The summed E-state index contributed by atoms with van der Waals surface area (Å²) in [7, 11) is 3.49. The normalized spacial score (nSPS) is 11.0. The van der Waals surface area contributed by atoms with Crippen LogP contribution in [0.3, 0.4) is 0 Å². The molecule has 0 atom stereocenters. The Morgan fingerprint density at radius 3 is 2.66 bits per heavy atom. The SMILES string of the molecule is CN(C)NC(=O)c1ccc(Oc2ccc(CCNc3ncnc4scc(Cl)c34)cc2)nc1. The molecule has 0 unspecified atom stereocenters. The molecule has 4 aromatic rings. The third kappa shape index (κ3) is 5.31. The zero-order valence-corrected chi connectivity index (χ0v) is 19.1. The molecule has 0 saturated heterocycles. The Hall–Kier alpha value is -3.27. The van der Waals surface area contributed by atoms with Crippen LogP contribution in [0, 0.1) is 0 Å². The Bertz CT molecular complexity index is 1210. The number of nitrogens with zero attached hydrogens (tertiary/aromatic N) is 4. The van der Waals surface area contributed by atoms with E-state index in [-0.39, 0.29) is 5.91 Å². The predicted molar refractivity (Wildman–Crippen MR) is 127 cm³/mol. The number of thiophene rings is 1. The van der Waals surface area contributed by atoms with Crippen molar-refractivity contribution in [1.82, 2.24) is 25.4 Å². The molecule has 4 rings (SSSR count). The number of amides is 1. The van der Waals surface area contributed by atoms with Crippen molar-refractivity contribution in [2.75, 3.05) is 26.0 Å². The molecule has 0 spiro atoms. The number of rotatable bonds is 8. The average Bonchev–Trinajstić information content (AvgIpc) is 3.17. The number of benzene rings is 1. The molecule has 0 bridgehead atoms. The van der Waals surface area contributed by atoms with Crippen LogP contribution in [0.1, 0.15) is 15.9 Å². The summed E-state index contributed by atoms with van der Waals surface area (Å²) < 4.78 is 5.78. The number of hydrazine groups is 1. The van der Waals surface area contributed by atoms with Crippen LogP contribution in [-0.4, -0.2) is 46.5 Å². The number of halogens is 1. The Morgan fingerprint density at radius 2 is 1.94 bits per heavy atom. The van der Waals surface area contributed by atoms with Crippen molar-refractivity contribution in [1.29, 1.82) is 0 Å². The number of carbonyl (C=O) groups excluding carboxylic acids is 1. The Kier molecular flexibility index (Phi) is 6.79. The molecule has 0 saturated carbocycles. The van der Waals surface area contributed by atoms with E-state index in [4.69, 9.17) is 16.3 Å². The summed E-state index contributed by atoms with van der Waals surface area (Å²) in [6, 6.07) is 11.1. The molecule has 10 heteroatoms. The van der Waals surface area contributed by atoms with E-state index in [9.17, 15) is 4.79 Å². The van der Waals surface area contributed by atoms with Crippen molar-refractivity contribution >= 4 is 44.9 Å². The second-order valence-electron chi connectivity index (χ2n) is 7.13. The molecule has 164 valence electrons. The van der Waals surface area contributed by atoms with E-state index >= 15 is 0 Å². The van der Waals surface area contributed by atoms with Gasteiger partial charge in [0.05, 0.1) is 16.0 Å². The first-order valence-corrected chi connectivity index (χ1v) is 11.1. The fourth-order valence-electron chi connectivity index (χ4n) is 2.99. The summed E-state index contributed by atoms with van der Waals surface area (Å²) in [6.07, 6.45) is 3.83. The van der Waals surface area contributed by atoms with Crippen molar-refractivity contribution in [2.24, 2.45) is 0 Å². The second-order valence-corrected chi connectivity index (χ2v) is 8.39. The van der Waals surface area contributed by atoms with Gasteiger partial charge in [-0.15, -0.1) is 11.3 Å². The molecule has 1 amide bonds. The van der Waals surface area contributed by atoms with Gasteiger partial charge in [0.15, 0.2) is 0 Å². The van der Waals surface area contributed by atoms with Crippen LogP contribution >= 0.6 is 22.9 Å². The molecule has 1 aromatic carbocycles. The number of hydrogen-bond donors (Lipinski definition) is 2. The number of fused-ring (bicyclic) bond motifs is 1. The number of nitrogens with one attached hydrogen (secondary N) is 2. The van der Waals surface area contributed by atoms with E-state index in [0.717, 1.165) is 28.0 Å². The third-order valence-electron chi connectivity index (χ3n) is 4.50. The molecule has 32 heavy (non-hydrogen) atoms. The maximum Gasteiger partial charge on any atom is 0.267 e. The van der Waals surface area contributed by atoms with Gasteiger partial charge in [-0.25, -0.2) is 20.0 Å².